The van der Waals surface area contributed by atoms with E-state index in [0.29, 0.717) is 0 Å². The van der Waals surface area contributed by atoms with Gasteiger partial charge >= 0.3 is 0 Å². The van der Waals surface area contributed by atoms with Crippen molar-refractivity contribution in [2.24, 2.45) is 0 Å². The van der Waals surface area contributed by atoms with Crippen LogP contribution < -0.4 is 0 Å². The SMILES string of the molecule is CC(C)(C)c1cc(-c2ccc(-c3ccccc3)cc2)nc(-c2ccccc2)n1. The van der Waals surface area contributed by atoms with Crippen LogP contribution in [0.25, 0.3) is 33.8 Å². The van der Waals surface area contributed by atoms with Gasteiger partial charge in [0, 0.05) is 16.5 Å². The van der Waals surface area contributed by atoms with E-state index in [1.54, 1.807) is 0 Å². The smallest absolute Gasteiger partial charge is 0.160 e. The maximum atomic E-state index is 4.88. The van der Waals surface area contributed by atoms with Crippen molar-refractivity contribution < 1.29 is 0 Å². The highest BCUT2D eigenvalue weighted by Crippen LogP contribution is 2.29. The van der Waals surface area contributed by atoms with Crippen LogP contribution in [0.15, 0.2) is 91.0 Å². The Kier molecular flexibility index (Phi) is 4.79. The number of rotatable bonds is 3. The lowest BCUT2D eigenvalue weighted by atomic mass is 9.90. The molecule has 0 radical (unpaired) electrons. The van der Waals surface area contributed by atoms with Gasteiger partial charge in [0.25, 0.3) is 0 Å². The molecule has 0 atom stereocenters. The van der Waals surface area contributed by atoms with Crippen molar-refractivity contribution >= 4 is 0 Å². The fraction of sp³-hybridized carbons (Fsp3) is 0.154. The van der Waals surface area contributed by atoms with Gasteiger partial charge in [-0.05, 0) is 17.2 Å². The Labute approximate surface area is 167 Å². The molecule has 4 rings (SSSR count). The topological polar surface area (TPSA) is 25.8 Å². The fourth-order valence-electron chi connectivity index (χ4n) is 3.16. The molecule has 3 aromatic carbocycles. The summed E-state index contributed by atoms with van der Waals surface area (Å²) in [6.07, 6.45) is 0. The zero-order valence-corrected chi connectivity index (χ0v) is 16.6. The van der Waals surface area contributed by atoms with Gasteiger partial charge in [-0.3, -0.25) is 0 Å². The summed E-state index contributed by atoms with van der Waals surface area (Å²) in [5.41, 5.74) is 6.52. The first-order chi connectivity index (χ1) is 13.5. The summed E-state index contributed by atoms with van der Waals surface area (Å²) < 4.78 is 0. The van der Waals surface area contributed by atoms with Gasteiger partial charge in [0.05, 0.1) is 11.4 Å². The first kappa shape index (κ1) is 18.1. The van der Waals surface area contributed by atoms with E-state index < -0.39 is 0 Å². The van der Waals surface area contributed by atoms with Crippen molar-refractivity contribution in [1.29, 1.82) is 0 Å². The molecule has 1 heterocycles. The summed E-state index contributed by atoms with van der Waals surface area (Å²) >= 11 is 0. The first-order valence-electron chi connectivity index (χ1n) is 9.61. The number of hydrogen-bond acceptors (Lipinski definition) is 2. The van der Waals surface area contributed by atoms with Crippen LogP contribution in [0.1, 0.15) is 26.5 Å². The van der Waals surface area contributed by atoms with E-state index in [-0.39, 0.29) is 5.41 Å². The molecule has 0 amide bonds. The third kappa shape index (κ3) is 3.86. The lowest BCUT2D eigenvalue weighted by Crippen LogP contribution is -2.15. The van der Waals surface area contributed by atoms with Gasteiger partial charge in [-0.15, -0.1) is 0 Å². The van der Waals surface area contributed by atoms with Crippen LogP contribution in [0.3, 0.4) is 0 Å². The molecule has 2 heteroatoms. The van der Waals surface area contributed by atoms with Crippen LogP contribution in [-0.4, -0.2) is 9.97 Å². The van der Waals surface area contributed by atoms with E-state index in [2.05, 4.69) is 87.5 Å². The van der Waals surface area contributed by atoms with Crippen molar-refractivity contribution in [1.82, 2.24) is 9.97 Å². The fourth-order valence-corrected chi connectivity index (χ4v) is 3.16. The van der Waals surface area contributed by atoms with Crippen LogP contribution in [0.2, 0.25) is 0 Å². The molecule has 0 aliphatic carbocycles. The van der Waals surface area contributed by atoms with E-state index in [1.807, 2.05) is 24.3 Å². The summed E-state index contributed by atoms with van der Waals surface area (Å²) in [6.45, 7) is 6.56. The molecular formula is C26H24N2. The number of nitrogens with zero attached hydrogens (tertiary/aromatic N) is 2. The Hall–Kier alpha value is -3.26. The summed E-state index contributed by atoms with van der Waals surface area (Å²) in [7, 11) is 0. The van der Waals surface area contributed by atoms with Crippen molar-refractivity contribution in [3.05, 3.63) is 96.7 Å². The molecule has 0 aliphatic heterocycles. The molecule has 0 saturated heterocycles. The van der Waals surface area contributed by atoms with Crippen LogP contribution in [0.5, 0.6) is 0 Å². The molecule has 4 aromatic rings. The molecule has 28 heavy (non-hydrogen) atoms. The van der Waals surface area contributed by atoms with E-state index in [1.165, 1.54) is 11.1 Å². The second-order valence-electron chi connectivity index (χ2n) is 8.02. The van der Waals surface area contributed by atoms with E-state index >= 15 is 0 Å². The molecule has 0 aliphatic rings. The van der Waals surface area contributed by atoms with Crippen molar-refractivity contribution in [2.45, 2.75) is 26.2 Å². The molecule has 0 spiro atoms. The van der Waals surface area contributed by atoms with Gasteiger partial charge in [-0.25, -0.2) is 9.97 Å². The quantitative estimate of drug-likeness (QED) is 0.400. The van der Waals surface area contributed by atoms with Crippen molar-refractivity contribution in [3.63, 3.8) is 0 Å². The van der Waals surface area contributed by atoms with Crippen molar-refractivity contribution in [2.75, 3.05) is 0 Å². The van der Waals surface area contributed by atoms with Crippen LogP contribution >= 0.6 is 0 Å². The second kappa shape index (κ2) is 7.40. The maximum absolute atomic E-state index is 4.88. The number of benzene rings is 3. The predicted octanol–water partition coefficient (Wildman–Crippen LogP) is 6.78. The molecule has 0 unspecified atom stereocenters. The van der Waals surface area contributed by atoms with Gasteiger partial charge in [0.2, 0.25) is 0 Å². The predicted molar refractivity (Wildman–Crippen MR) is 117 cm³/mol. The molecule has 1 aromatic heterocycles. The second-order valence-corrected chi connectivity index (χ2v) is 8.02. The van der Waals surface area contributed by atoms with Gasteiger partial charge in [-0.1, -0.05) is 106 Å². The molecule has 0 bridgehead atoms. The average Bonchev–Trinajstić information content (AvgIpc) is 2.74. The molecule has 0 N–H and O–H groups in total. The lowest BCUT2D eigenvalue weighted by Gasteiger charge is -2.19. The van der Waals surface area contributed by atoms with Gasteiger partial charge < -0.3 is 0 Å². The van der Waals surface area contributed by atoms with E-state index in [0.717, 1.165) is 28.3 Å². The standard InChI is InChI=1S/C26H24N2/c1-26(2,3)24-18-23(27-25(28-24)22-12-8-5-9-13-22)21-16-14-20(15-17-21)19-10-6-4-7-11-19/h4-18H,1-3H3. The lowest BCUT2D eigenvalue weighted by molar-refractivity contribution is 0.568. The monoisotopic (exact) mass is 364 g/mol. The highest BCUT2D eigenvalue weighted by atomic mass is 14.9. The number of aromatic nitrogens is 2. The zero-order chi connectivity index (χ0) is 19.6. The summed E-state index contributed by atoms with van der Waals surface area (Å²) in [5, 5.41) is 0. The normalized spacial score (nSPS) is 11.4. The third-order valence-electron chi connectivity index (χ3n) is 4.81. The zero-order valence-electron chi connectivity index (χ0n) is 16.6. The largest absolute Gasteiger partial charge is 0.232 e. The minimum atomic E-state index is -0.0504. The van der Waals surface area contributed by atoms with Crippen molar-refractivity contribution in [3.8, 4) is 33.8 Å². The molecule has 0 fully saturated rings. The minimum absolute atomic E-state index is 0.0504. The molecule has 2 nitrogen and oxygen atoms in total. The Morgan fingerprint density at radius 3 is 1.61 bits per heavy atom. The molecule has 138 valence electrons. The Bertz CT molecular complexity index is 1060. The van der Waals surface area contributed by atoms with E-state index in [4.69, 9.17) is 9.97 Å². The maximum Gasteiger partial charge on any atom is 0.160 e. The Morgan fingerprint density at radius 2 is 1.04 bits per heavy atom. The summed E-state index contributed by atoms with van der Waals surface area (Å²) in [4.78, 5) is 9.73. The van der Waals surface area contributed by atoms with Crippen LogP contribution in [-0.2, 0) is 5.41 Å². The summed E-state index contributed by atoms with van der Waals surface area (Å²) in [6, 6.07) is 31.3. The van der Waals surface area contributed by atoms with Gasteiger partial charge in [0.1, 0.15) is 0 Å². The van der Waals surface area contributed by atoms with Gasteiger partial charge in [-0.2, -0.15) is 0 Å². The molecule has 0 saturated carbocycles. The minimum Gasteiger partial charge on any atom is -0.232 e. The molecular weight excluding hydrogens is 340 g/mol. The summed E-state index contributed by atoms with van der Waals surface area (Å²) in [5.74, 6) is 0.773. The average molecular weight is 364 g/mol. The Morgan fingerprint density at radius 1 is 0.536 bits per heavy atom. The highest BCUT2D eigenvalue weighted by Gasteiger charge is 2.19. The Balaban J connectivity index is 1.78. The van der Waals surface area contributed by atoms with Gasteiger partial charge in [0.15, 0.2) is 5.82 Å². The van der Waals surface area contributed by atoms with E-state index in [9.17, 15) is 0 Å². The first-order valence-corrected chi connectivity index (χ1v) is 9.61. The third-order valence-corrected chi connectivity index (χ3v) is 4.81. The van der Waals surface area contributed by atoms with Crippen LogP contribution in [0, 0.1) is 0 Å². The number of hydrogen-bond donors (Lipinski definition) is 0. The highest BCUT2D eigenvalue weighted by molar-refractivity contribution is 5.70. The van der Waals surface area contributed by atoms with Crippen LogP contribution in [0.4, 0.5) is 0 Å².